The molecule has 0 unspecified atom stereocenters. The third kappa shape index (κ3) is 9.67. The zero-order valence-corrected chi connectivity index (χ0v) is 10.4. The van der Waals surface area contributed by atoms with Crippen LogP contribution in [0.2, 0.25) is 0 Å². The summed E-state index contributed by atoms with van der Waals surface area (Å²) in [6.45, 7) is 7.91. The summed E-state index contributed by atoms with van der Waals surface area (Å²) in [5, 5.41) is 9.50. The quantitative estimate of drug-likeness (QED) is 0.400. The van der Waals surface area contributed by atoms with Crippen LogP contribution < -0.4 is 0 Å². The maximum Gasteiger partial charge on any atom is 0.119 e. The molecule has 1 N–H and O–H groups in total. The molecule has 0 atom stereocenters. The third-order valence-corrected chi connectivity index (χ3v) is 2.37. The number of allylic oxidation sites excluding steroid dienone is 1. The van der Waals surface area contributed by atoms with Gasteiger partial charge in [0, 0.05) is 6.42 Å². The Balaban J connectivity index is 3.92. The topological polar surface area (TPSA) is 37.3 Å². The molecule has 0 spiro atoms. The van der Waals surface area contributed by atoms with Crippen molar-refractivity contribution >= 4 is 6.29 Å². The summed E-state index contributed by atoms with van der Waals surface area (Å²) in [5.41, 5.74) is -0.510. The van der Waals surface area contributed by atoms with Crippen LogP contribution in [0.3, 0.4) is 0 Å². The molecule has 0 aliphatic rings. The molecule has 0 amide bonds. The van der Waals surface area contributed by atoms with E-state index in [0.29, 0.717) is 6.42 Å². The van der Waals surface area contributed by atoms with Gasteiger partial charge in [-0.15, -0.1) is 0 Å². The van der Waals surface area contributed by atoms with Crippen LogP contribution in [0.5, 0.6) is 0 Å². The first kappa shape index (κ1) is 14.4. The first-order valence-electron chi connectivity index (χ1n) is 5.60. The van der Waals surface area contributed by atoms with Gasteiger partial charge in [-0.2, -0.15) is 0 Å². The Morgan fingerprint density at radius 3 is 2.27 bits per heavy atom. The standard InChI is InChI=1S/C13H24O2/c1-12(2,8-5-6-11-14)9-7-10-13(3,4)15/h7,10-11,15H,5-6,8-9H2,1-4H3/b10-7-. The van der Waals surface area contributed by atoms with Crippen LogP contribution in [0.15, 0.2) is 12.2 Å². The van der Waals surface area contributed by atoms with E-state index in [2.05, 4.69) is 13.8 Å². The molecule has 2 nitrogen and oxygen atoms in total. The first-order valence-corrected chi connectivity index (χ1v) is 5.60. The Hall–Kier alpha value is -0.630. The van der Waals surface area contributed by atoms with Crippen molar-refractivity contribution in [3.8, 4) is 0 Å². The lowest BCUT2D eigenvalue weighted by Gasteiger charge is -2.23. The van der Waals surface area contributed by atoms with E-state index in [-0.39, 0.29) is 5.41 Å². The van der Waals surface area contributed by atoms with E-state index in [9.17, 15) is 9.90 Å². The molecule has 0 fully saturated rings. The molecular weight excluding hydrogens is 188 g/mol. The van der Waals surface area contributed by atoms with Gasteiger partial charge < -0.3 is 9.90 Å². The van der Waals surface area contributed by atoms with E-state index in [1.54, 1.807) is 13.8 Å². The fourth-order valence-electron chi connectivity index (χ4n) is 1.43. The highest BCUT2D eigenvalue weighted by Gasteiger charge is 2.16. The number of aliphatic hydroxyl groups is 1. The van der Waals surface area contributed by atoms with E-state index >= 15 is 0 Å². The Bertz CT molecular complexity index is 209. The minimum atomic E-state index is -0.723. The Morgan fingerprint density at radius 2 is 1.80 bits per heavy atom. The van der Waals surface area contributed by atoms with E-state index in [4.69, 9.17) is 0 Å². The summed E-state index contributed by atoms with van der Waals surface area (Å²) in [6, 6.07) is 0. The number of carbonyl (C=O) groups excluding carboxylic acids is 1. The molecule has 0 saturated carbocycles. The second-order valence-electron chi connectivity index (χ2n) is 5.48. The summed E-state index contributed by atoms with van der Waals surface area (Å²) in [4.78, 5) is 10.2. The molecule has 0 bridgehead atoms. The molecular formula is C13H24O2. The maximum absolute atomic E-state index is 10.2. The molecule has 0 aromatic rings. The van der Waals surface area contributed by atoms with Gasteiger partial charge in [0.1, 0.15) is 6.29 Å². The van der Waals surface area contributed by atoms with Crippen molar-refractivity contribution in [2.75, 3.05) is 0 Å². The summed E-state index contributed by atoms with van der Waals surface area (Å²) in [7, 11) is 0. The van der Waals surface area contributed by atoms with Crippen LogP contribution in [0.25, 0.3) is 0 Å². The Morgan fingerprint density at radius 1 is 1.20 bits per heavy atom. The molecule has 88 valence electrons. The second-order valence-corrected chi connectivity index (χ2v) is 5.48. The molecule has 15 heavy (non-hydrogen) atoms. The van der Waals surface area contributed by atoms with Crippen molar-refractivity contribution in [2.24, 2.45) is 5.41 Å². The largest absolute Gasteiger partial charge is 0.386 e. The maximum atomic E-state index is 10.2. The van der Waals surface area contributed by atoms with Gasteiger partial charge in [-0.3, -0.25) is 0 Å². The van der Waals surface area contributed by atoms with Crippen LogP contribution in [-0.4, -0.2) is 17.0 Å². The second kappa shape index (κ2) is 6.06. The summed E-state index contributed by atoms with van der Waals surface area (Å²) < 4.78 is 0. The van der Waals surface area contributed by atoms with Crippen LogP contribution in [0.4, 0.5) is 0 Å². The number of aldehydes is 1. The Kier molecular flexibility index (Phi) is 5.81. The fourth-order valence-corrected chi connectivity index (χ4v) is 1.43. The van der Waals surface area contributed by atoms with Crippen LogP contribution in [0, 0.1) is 5.41 Å². The smallest absolute Gasteiger partial charge is 0.119 e. The molecule has 0 aliphatic heterocycles. The molecule has 0 saturated heterocycles. The van der Waals surface area contributed by atoms with Gasteiger partial charge in [0.2, 0.25) is 0 Å². The molecule has 0 heterocycles. The summed E-state index contributed by atoms with van der Waals surface area (Å²) >= 11 is 0. The fraction of sp³-hybridized carbons (Fsp3) is 0.769. The molecule has 0 aliphatic carbocycles. The van der Waals surface area contributed by atoms with Crippen LogP contribution in [0.1, 0.15) is 53.4 Å². The number of unbranched alkanes of at least 4 members (excludes halogenated alkanes) is 1. The lowest BCUT2D eigenvalue weighted by Crippen LogP contribution is -2.15. The molecule has 0 aromatic carbocycles. The highest BCUT2D eigenvalue weighted by Crippen LogP contribution is 2.28. The van der Waals surface area contributed by atoms with Gasteiger partial charge >= 0.3 is 0 Å². The predicted molar refractivity (Wildman–Crippen MR) is 63.8 cm³/mol. The van der Waals surface area contributed by atoms with Gasteiger partial charge in [0.05, 0.1) is 5.60 Å². The molecule has 0 rings (SSSR count). The number of hydrogen-bond donors (Lipinski definition) is 1. The molecule has 0 radical (unpaired) electrons. The zero-order valence-electron chi connectivity index (χ0n) is 10.4. The minimum Gasteiger partial charge on any atom is -0.386 e. The van der Waals surface area contributed by atoms with Crippen molar-refractivity contribution in [3.63, 3.8) is 0 Å². The van der Waals surface area contributed by atoms with Crippen molar-refractivity contribution in [3.05, 3.63) is 12.2 Å². The SMILES string of the molecule is CC(C)(O)/C=C\CC(C)(C)CCCC=O. The van der Waals surface area contributed by atoms with Gasteiger partial charge in [-0.1, -0.05) is 26.0 Å². The first-order chi connectivity index (χ1) is 6.77. The van der Waals surface area contributed by atoms with Crippen LogP contribution >= 0.6 is 0 Å². The van der Waals surface area contributed by atoms with Gasteiger partial charge in [-0.05, 0) is 38.5 Å². The highest BCUT2D eigenvalue weighted by molar-refractivity contribution is 5.48. The number of hydrogen-bond acceptors (Lipinski definition) is 2. The summed E-state index contributed by atoms with van der Waals surface area (Å²) in [5.74, 6) is 0. The van der Waals surface area contributed by atoms with Crippen LogP contribution in [-0.2, 0) is 4.79 Å². The molecule has 0 aromatic heterocycles. The monoisotopic (exact) mass is 212 g/mol. The van der Waals surface area contributed by atoms with Gasteiger partial charge in [0.15, 0.2) is 0 Å². The van der Waals surface area contributed by atoms with Gasteiger partial charge in [-0.25, -0.2) is 0 Å². The molecule has 2 heteroatoms. The normalized spacial score (nSPS) is 13.4. The van der Waals surface area contributed by atoms with E-state index < -0.39 is 5.60 Å². The zero-order chi connectivity index (χ0) is 11.9. The predicted octanol–water partition coefficient (Wildman–Crippen LogP) is 3.10. The Labute approximate surface area is 93.4 Å². The minimum absolute atomic E-state index is 0.213. The van der Waals surface area contributed by atoms with E-state index in [1.165, 1.54) is 0 Å². The van der Waals surface area contributed by atoms with Crippen molar-refractivity contribution in [1.82, 2.24) is 0 Å². The van der Waals surface area contributed by atoms with E-state index in [0.717, 1.165) is 25.5 Å². The number of carbonyl (C=O) groups is 1. The van der Waals surface area contributed by atoms with E-state index in [1.807, 2.05) is 12.2 Å². The average molecular weight is 212 g/mol. The number of rotatable bonds is 7. The van der Waals surface area contributed by atoms with Crippen molar-refractivity contribution in [2.45, 2.75) is 59.0 Å². The van der Waals surface area contributed by atoms with Crippen molar-refractivity contribution in [1.29, 1.82) is 0 Å². The third-order valence-electron chi connectivity index (χ3n) is 2.37. The van der Waals surface area contributed by atoms with Gasteiger partial charge in [0.25, 0.3) is 0 Å². The highest BCUT2D eigenvalue weighted by atomic mass is 16.3. The van der Waals surface area contributed by atoms with Crippen molar-refractivity contribution < 1.29 is 9.90 Å². The summed E-state index contributed by atoms with van der Waals surface area (Å²) in [6.07, 6.45) is 8.42. The lowest BCUT2D eigenvalue weighted by atomic mass is 9.83. The lowest BCUT2D eigenvalue weighted by molar-refractivity contribution is -0.108. The average Bonchev–Trinajstić information content (AvgIpc) is 2.01.